The van der Waals surface area contributed by atoms with Crippen LogP contribution in [0.3, 0.4) is 0 Å². The summed E-state index contributed by atoms with van der Waals surface area (Å²) in [5.74, 6) is -3.71. The van der Waals surface area contributed by atoms with E-state index < -0.39 is 44.6 Å². The Labute approximate surface area is 133 Å². The maximum atomic E-state index is 13.6. The predicted molar refractivity (Wildman–Crippen MR) is 78.9 cm³/mol. The van der Waals surface area contributed by atoms with Crippen molar-refractivity contribution in [1.82, 2.24) is 4.72 Å². The first-order valence-corrected chi connectivity index (χ1v) is 8.29. The molecular formula is C14H18FNO6S. The quantitative estimate of drug-likeness (QED) is 0.721. The molecule has 1 atom stereocenters. The molecule has 9 heteroatoms. The number of ether oxygens (including phenoxy) is 1. The number of hydrogen-bond acceptors (Lipinski definition) is 5. The molecule has 0 spiro atoms. The summed E-state index contributed by atoms with van der Waals surface area (Å²) in [6.45, 7) is 4.65. The minimum absolute atomic E-state index is 0.0458. The van der Waals surface area contributed by atoms with Crippen LogP contribution in [0.25, 0.3) is 0 Å². The largest absolute Gasteiger partial charge is 0.480 e. The number of esters is 1. The lowest BCUT2D eigenvalue weighted by molar-refractivity contribution is -0.140. The van der Waals surface area contributed by atoms with Crippen molar-refractivity contribution in [2.75, 3.05) is 6.61 Å². The summed E-state index contributed by atoms with van der Waals surface area (Å²) in [6, 6.07) is 1.09. The van der Waals surface area contributed by atoms with E-state index in [2.05, 4.69) is 0 Å². The van der Waals surface area contributed by atoms with Crippen LogP contribution in [-0.4, -0.2) is 38.1 Å². The van der Waals surface area contributed by atoms with Crippen LogP contribution in [0.2, 0.25) is 0 Å². The Morgan fingerprint density at radius 2 is 1.91 bits per heavy atom. The average Bonchev–Trinajstić information content (AvgIpc) is 2.43. The van der Waals surface area contributed by atoms with Gasteiger partial charge in [0.25, 0.3) is 0 Å². The van der Waals surface area contributed by atoms with Crippen molar-refractivity contribution in [1.29, 1.82) is 0 Å². The summed E-state index contributed by atoms with van der Waals surface area (Å²) in [7, 11) is -4.32. The zero-order valence-corrected chi connectivity index (χ0v) is 13.7. The highest BCUT2D eigenvalue weighted by atomic mass is 32.2. The first kappa shape index (κ1) is 19.0. The molecule has 7 nitrogen and oxygen atoms in total. The summed E-state index contributed by atoms with van der Waals surface area (Å²) in [5, 5.41) is 9.05. The van der Waals surface area contributed by atoms with Gasteiger partial charge in [0.1, 0.15) is 11.9 Å². The summed E-state index contributed by atoms with van der Waals surface area (Å²) in [6.07, 6.45) is 0. The third-order valence-electron chi connectivity index (χ3n) is 2.91. The fourth-order valence-corrected chi connectivity index (χ4v) is 3.15. The van der Waals surface area contributed by atoms with Gasteiger partial charge in [-0.15, -0.1) is 0 Å². The molecule has 1 aromatic rings. The molecular weight excluding hydrogens is 329 g/mol. The van der Waals surface area contributed by atoms with Crippen LogP contribution >= 0.6 is 0 Å². The van der Waals surface area contributed by atoms with Crippen molar-refractivity contribution in [2.45, 2.75) is 31.7 Å². The molecule has 0 aliphatic carbocycles. The molecule has 128 valence electrons. The molecule has 2 N–H and O–H groups in total. The molecule has 1 rings (SSSR count). The number of hydrogen-bond donors (Lipinski definition) is 2. The van der Waals surface area contributed by atoms with Crippen molar-refractivity contribution >= 4 is 22.0 Å². The fraction of sp³-hybridized carbons (Fsp3) is 0.429. The number of aliphatic carboxylic acids is 1. The maximum absolute atomic E-state index is 13.6. The normalized spacial score (nSPS) is 12.9. The first-order chi connectivity index (χ1) is 10.6. The van der Waals surface area contributed by atoms with Crippen molar-refractivity contribution < 1.29 is 32.2 Å². The van der Waals surface area contributed by atoms with Gasteiger partial charge in [0.15, 0.2) is 0 Å². The van der Waals surface area contributed by atoms with Gasteiger partial charge in [0, 0.05) is 0 Å². The average molecular weight is 347 g/mol. The number of carbonyl (C=O) groups excluding carboxylic acids is 1. The van der Waals surface area contributed by atoms with E-state index in [0.29, 0.717) is 6.07 Å². The van der Waals surface area contributed by atoms with E-state index in [9.17, 15) is 22.4 Å². The monoisotopic (exact) mass is 347 g/mol. The molecule has 0 radical (unpaired) electrons. The molecule has 0 aliphatic heterocycles. The van der Waals surface area contributed by atoms with E-state index in [0.717, 1.165) is 12.1 Å². The summed E-state index contributed by atoms with van der Waals surface area (Å²) in [4.78, 5) is 22.2. The van der Waals surface area contributed by atoms with Crippen LogP contribution < -0.4 is 4.72 Å². The predicted octanol–water partition coefficient (Wildman–Crippen LogP) is 1.39. The number of sulfonamides is 1. The summed E-state index contributed by atoms with van der Waals surface area (Å²) >= 11 is 0. The Kier molecular flexibility index (Phi) is 6.22. The van der Waals surface area contributed by atoms with Crippen LogP contribution in [0.1, 0.15) is 31.1 Å². The Balaban J connectivity index is 3.23. The molecule has 0 saturated heterocycles. The van der Waals surface area contributed by atoms with E-state index in [1.54, 1.807) is 6.92 Å². The van der Waals surface area contributed by atoms with E-state index in [1.807, 2.05) is 4.72 Å². The summed E-state index contributed by atoms with van der Waals surface area (Å²) in [5.41, 5.74) is -0.274. The van der Waals surface area contributed by atoms with Crippen molar-refractivity contribution in [3.05, 3.63) is 29.6 Å². The summed E-state index contributed by atoms with van der Waals surface area (Å²) < 4.78 is 44.8. The maximum Gasteiger partial charge on any atom is 0.338 e. The topological polar surface area (TPSA) is 110 Å². The fourth-order valence-electron chi connectivity index (χ4n) is 1.76. The standard InChI is InChI=1S/C14H18FNO6S/c1-4-22-14(19)9-5-10(15)7-11(6-9)23(20,21)16-12(8(2)3)13(17)18/h5-8,12,16H,4H2,1-3H3,(H,17,18)/t12-/m1/s1. The van der Waals surface area contributed by atoms with Crippen LogP contribution in [-0.2, 0) is 19.6 Å². The third kappa shape index (κ3) is 5.00. The van der Waals surface area contributed by atoms with Crippen LogP contribution in [0.4, 0.5) is 4.39 Å². The number of nitrogens with one attached hydrogen (secondary N) is 1. The van der Waals surface area contributed by atoms with Crippen LogP contribution in [0, 0.1) is 11.7 Å². The molecule has 0 aromatic heterocycles. The Morgan fingerprint density at radius 1 is 1.30 bits per heavy atom. The number of carbonyl (C=O) groups is 2. The Bertz CT molecular complexity index is 701. The minimum Gasteiger partial charge on any atom is -0.480 e. The van der Waals surface area contributed by atoms with E-state index >= 15 is 0 Å². The molecule has 1 aromatic carbocycles. The number of rotatable bonds is 7. The lowest BCUT2D eigenvalue weighted by Gasteiger charge is -2.18. The SMILES string of the molecule is CCOC(=O)c1cc(F)cc(S(=O)(=O)N[C@@H](C(=O)O)C(C)C)c1. The number of benzene rings is 1. The van der Waals surface area contributed by atoms with Gasteiger partial charge in [-0.05, 0) is 31.0 Å². The van der Waals surface area contributed by atoms with Gasteiger partial charge in [0.2, 0.25) is 10.0 Å². The number of carboxylic acid groups (broad SMARTS) is 1. The van der Waals surface area contributed by atoms with Gasteiger partial charge in [0.05, 0.1) is 17.1 Å². The second-order valence-electron chi connectivity index (χ2n) is 5.08. The van der Waals surface area contributed by atoms with E-state index in [1.165, 1.54) is 13.8 Å². The van der Waals surface area contributed by atoms with Crippen molar-refractivity contribution in [3.8, 4) is 0 Å². The zero-order chi connectivity index (χ0) is 17.8. The van der Waals surface area contributed by atoms with Crippen molar-refractivity contribution in [3.63, 3.8) is 0 Å². The molecule has 0 aliphatic rings. The first-order valence-electron chi connectivity index (χ1n) is 6.81. The molecule has 0 heterocycles. The van der Waals surface area contributed by atoms with Crippen LogP contribution in [0.5, 0.6) is 0 Å². The Hall–Kier alpha value is -2.00. The molecule has 0 amide bonds. The molecule has 0 fully saturated rings. The van der Waals surface area contributed by atoms with Gasteiger partial charge >= 0.3 is 11.9 Å². The number of carboxylic acids is 1. The Morgan fingerprint density at radius 3 is 2.39 bits per heavy atom. The lowest BCUT2D eigenvalue weighted by atomic mass is 10.1. The highest BCUT2D eigenvalue weighted by Gasteiger charge is 2.29. The molecule has 0 saturated carbocycles. The second kappa shape index (κ2) is 7.51. The second-order valence-corrected chi connectivity index (χ2v) is 6.79. The van der Waals surface area contributed by atoms with Gasteiger partial charge < -0.3 is 9.84 Å². The lowest BCUT2D eigenvalue weighted by Crippen LogP contribution is -2.44. The molecule has 23 heavy (non-hydrogen) atoms. The van der Waals surface area contributed by atoms with Gasteiger partial charge in [-0.3, -0.25) is 4.79 Å². The van der Waals surface area contributed by atoms with Crippen LogP contribution in [0.15, 0.2) is 23.1 Å². The molecule has 0 bridgehead atoms. The van der Waals surface area contributed by atoms with E-state index in [4.69, 9.17) is 9.84 Å². The third-order valence-corrected chi connectivity index (χ3v) is 4.33. The van der Waals surface area contributed by atoms with Gasteiger partial charge in [-0.1, -0.05) is 13.8 Å². The highest BCUT2D eigenvalue weighted by molar-refractivity contribution is 7.89. The molecule has 0 unspecified atom stereocenters. The highest BCUT2D eigenvalue weighted by Crippen LogP contribution is 2.17. The smallest absolute Gasteiger partial charge is 0.338 e. The van der Waals surface area contributed by atoms with Gasteiger partial charge in [-0.2, -0.15) is 4.72 Å². The van der Waals surface area contributed by atoms with Gasteiger partial charge in [-0.25, -0.2) is 17.6 Å². The number of halogens is 1. The zero-order valence-electron chi connectivity index (χ0n) is 12.9. The van der Waals surface area contributed by atoms with Crippen molar-refractivity contribution in [2.24, 2.45) is 5.92 Å². The van der Waals surface area contributed by atoms with E-state index in [-0.39, 0.29) is 12.2 Å². The minimum atomic E-state index is -4.32.